The van der Waals surface area contributed by atoms with Gasteiger partial charge in [-0.2, -0.15) is 44.0 Å². The van der Waals surface area contributed by atoms with E-state index in [9.17, 15) is 57.1 Å². The summed E-state index contributed by atoms with van der Waals surface area (Å²) < 4.78 is 140. The summed E-state index contributed by atoms with van der Waals surface area (Å²) in [6.45, 7) is 3.19. The molecule has 0 atom stereocenters. The summed E-state index contributed by atoms with van der Waals surface area (Å²) in [5, 5.41) is 29.8. The molecule has 24 heteroatoms. The molecule has 20 nitrogen and oxygen atoms in total. The number of pyridine rings is 1. The Labute approximate surface area is 354 Å². The molecule has 0 bridgehead atoms. The fourth-order valence-corrected chi connectivity index (χ4v) is 8.64. The smallest absolute Gasteiger partial charge is 0.297 e. The lowest BCUT2D eigenvalue weighted by Gasteiger charge is -2.15. The molecule has 1 aromatic heterocycles. The van der Waals surface area contributed by atoms with Crippen LogP contribution in [0.1, 0.15) is 27.9 Å². The van der Waals surface area contributed by atoms with Crippen molar-refractivity contribution in [1.82, 2.24) is 4.98 Å². The molecule has 6 aromatic rings. The highest BCUT2D eigenvalue weighted by Crippen LogP contribution is 2.41. The number of nitriles is 1. The van der Waals surface area contributed by atoms with Gasteiger partial charge in [0, 0.05) is 34.5 Å². The molecular weight excluding hydrogens is 891 g/mol. The Balaban J connectivity index is 1.41. The topological polar surface area (TPSA) is 325 Å². The first kappa shape index (κ1) is 45.0. The van der Waals surface area contributed by atoms with Crippen LogP contribution in [0, 0.1) is 25.2 Å². The minimum Gasteiger partial charge on any atom is -0.494 e. The quantitative estimate of drug-likeness (QED) is 0.0543. The number of azo groups is 2. The number of hydrogen-bond donors (Lipinski definition) is 5. The maximum atomic E-state index is 12.5. The van der Waals surface area contributed by atoms with E-state index in [1.165, 1.54) is 73.8 Å². The van der Waals surface area contributed by atoms with E-state index in [1.807, 2.05) is 0 Å². The summed E-state index contributed by atoms with van der Waals surface area (Å²) >= 11 is 0. The Hall–Kier alpha value is -6.56. The van der Waals surface area contributed by atoms with Crippen molar-refractivity contribution in [2.75, 3.05) is 12.4 Å². The molecule has 0 amide bonds. The van der Waals surface area contributed by atoms with Crippen LogP contribution in [0.3, 0.4) is 0 Å². The predicted molar refractivity (Wildman–Crippen MR) is 222 cm³/mol. The number of nitrogens with one attached hydrogen (secondary N) is 1. The van der Waals surface area contributed by atoms with Crippen molar-refractivity contribution in [2.24, 2.45) is 20.5 Å². The van der Waals surface area contributed by atoms with E-state index >= 15 is 0 Å². The highest BCUT2D eigenvalue weighted by molar-refractivity contribution is 7.87. The van der Waals surface area contributed by atoms with E-state index in [2.05, 4.69) is 36.8 Å². The summed E-state index contributed by atoms with van der Waals surface area (Å²) in [5.41, 5.74) is 1.81. The molecule has 6 rings (SSSR count). The second kappa shape index (κ2) is 17.1. The molecule has 0 radical (unpaired) electrons. The number of anilines is 2. The lowest BCUT2D eigenvalue weighted by atomic mass is 10.0. The first-order chi connectivity index (χ1) is 29.0. The van der Waals surface area contributed by atoms with E-state index in [1.54, 1.807) is 13.8 Å². The molecule has 62 heavy (non-hydrogen) atoms. The van der Waals surface area contributed by atoms with Crippen molar-refractivity contribution in [3.05, 3.63) is 119 Å². The van der Waals surface area contributed by atoms with Gasteiger partial charge < -0.3 is 10.1 Å². The van der Waals surface area contributed by atoms with Gasteiger partial charge in [-0.15, -0.1) is 15.3 Å². The third-order valence-electron chi connectivity index (χ3n) is 9.12. The summed E-state index contributed by atoms with van der Waals surface area (Å²) in [5.74, 6) is 0.134. The van der Waals surface area contributed by atoms with E-state index in [-0.39, 0.29) is 72.6 Å². The third-order valence-corrected chi connectivity index (χ3v) is 12.7. The highest BCUT2D eigenvalue weighted by Gasteiger charge is 2.24. The molecule has 0 aliphatic heterocycles. The minimum atomic E-state index is -5.03. The van der Waals surface area contributed by atoms with Gasteiger partial charge in [0.25, 0.3) is 40.5 Å². The van der Waals surface area contributed by atoms with Crippen LogP contribution >= 0.6 is 0 Å². The molecule has 0 saturated heterocycles. The Morgan fingerprint density at radius 3 is 1.84 bits per heavy atom. The molecule has 0 fully saturated rings. The standard InChI is InChI=1S/C38H31N7O13S4/c1-21-17-33(34(58-3)19-31(21)43-42-30-16-15-27-28(37(30)62(55,56)57)5-4-6-35(27)61(52,53)54)44-45-36-22(2)29(20-39)32(18-23-7-11-25(12-8-23)59(46,47)48)41-38(36)40-24-9-13-26(14-10-24)60(49,50)51/h4-17,19H,18H2,1-3H3,(H,40,41)(H,46,47,48)(H,49,50,51)(H,52,53,54)(H,55,56,57). The number of fused-ring (bicyclic) bond motifs is 1. The largest absolute Gasteiger partial charge is 0.494 e. The van der Waals surface area contributed by atoms with Crippen molar-refractivity contribution in [2.45, 2.75) is 39.9 Å². The second-order valence-electron chi connectivity index (χ2n) is 13.2. The molecule has 5 N–H and O–H groups in total. The van der Waals surface area contributed by atoms with Gasteiger partial charge in [-0.1, -0.05) is 30.3 Å². The first-order valence-corrected chi connectivity index (χ1v) is 23.1. The van der Waals surface area contributed by atoms with Crippen LogP contribution in [0.4, 0.5) is 34.3 Å². The van der Waals surface area contributed by atoms with Crippen LogP contribution in [0.15, 0.2) is 131 Å². The number of nitrogens with zero attached hydrogens (tertiary/aromatic N) is 6. The zero-order valence-electron chi connectivity index (χ0n) is 32.1. The lowest BCUT2D eigenvalue weighted by molar-refractivity contribution is 0.416. The Bertz CT molecular complexity index is 3360. The first-order valence-electron chi connectivity index (χ1n) is 17.4. The highest BCUT2D eigenvalue weighted by atomic mass is 32.2. The maximum Gasteiger partial charge on any atom is 0.297 e. The SMILES string of the molecule is COc1cc(N=Nc2ccc3c(S(=O)(=O)O)cccc3c2S(=O)(=O)O)c(C)cc1N=Nc1c(Nc2ccc(S(=O)(=O)O)cc2)nc(Cc2ccc(S(=O)(=O)O)cc2)c(C#N)c1C. The predicted octanol–water partition coefficient (Wildman–Crippen LogP) is 7.88. The Kier molecular flexibility index (Phi) is 12.4. The van der Waals surface area contributed by atoms with E-state index in [0.717, 1.165) is 24.3 Å². The fourth-order valence-electron chi connectivity index (χ4n) is 6.15. The van der Waals surface area contributed by atoms with Gasteiger partial charge in [0.05, 0.1) is 33.8 Å². The average Bonchev–Trinajstić information content (AvgIpc) is 3.18. The monoisotopic (exact) mass is 921 g/mol. The number of aryl methyl sites for hydroxylation is 1. The van der Waals surface area contributed by atoms with Crippen LogP contribution in [0.25, 0.3) is 10.8 Å². The molecule has 320 valence electrons. The summed E-state index contributed by atoms with van der Waals surface area (Å²) in [7, 11) is -17.5. The molecule has 1 heterocycles. The second-order valence-corrected chi connectivity index (χ2v) is 18.8. The van der Waals surface area contributed by atoms with Crippen molar-refractivity contribution >= 4 is 85.5 Å². The fraction of sp³-hybridized carbons (Fsp3) is 0.105. The van der Waals surface area contributed by atoms with Gasteiger partial charge in [-0.25, -0.2) is 4.98 Å². The van der Waals surface area contributed by atoms with Crippen LogP contribution in [0.2, 0.25) is 0 Å². The number of aromatic nitrogens is 1. The molecule has 5 aromatic carbocycles. The van der Waals surface area contributed by atoms with E-state index in [0.29, 0.717) is 22.4 Å². The molecule has 0 unspecified atom stereocenters. The van der Waals surface area contributed by atoms with Gasteiger partial charge in [-0.05, 0) is 79.6 Å². The van der Waals surface area contributed by atoms with Crippen molar-refractivity contribution in [1.29, 1.82) is 5.26 Å². The summed E-state index contributed by atoms with van der Waals surface area (Å²) in [6, 6.07) is 21.0. The zero-order valence-corrected chi connectivity index (χ0v) is 35.4. The number of methoxy groups -OCH3 is 1. The average molecular weight is 922 g/mol. The number of ether oxygens (including phenoxy) is 1. The zero-order chi connectivity index (χ0) is 45.4. The Morgan fingerprint density at radius 2 is 1.27 bits per heavy atom. The molecule has 0 saturated carbocycles. The molecule has 0 aliphatic rings. The minimum absolute atomic E-state index is 0.0167. The van der Waals surface area contributed by atoms with Crippen LogP contribution in [-0.2, 0) is 46.9 Å². The number of rotatable bonds is 13. The number of hydrogen-bond acceptors (Lipinski definition) is 16. The van der Waals surface area contributed by atoms with Crippen molar-refractivity contribution < 1.29 is 56.6 Å². The third kappa shape index (κ3) is 9.80. The van der Waals surface area contributed by atoms with E-state index < -0.39 is 50.3 Å². The van der Waals surface area contributed by atoms with Crippen molar-refractivity contribution in [3.8, 4) is 11.8 Å². The summed E-state index contributed by atoms with van der Waals surface area (Å²) in [4.78, 5) is 2.58. The van der Waals surface area contributed by atoms with Crippen LogP contribution in [-0.4, -0.2) is 64.0 Å². The summed E-state index contributed by atoms with van der Waals surface area (Å²) in [6.07, 6.45) is 0.0167. The maximum absolute atomic E-state index is 12.5. The van der Waals surface area contributed by atoms with Gasteiger partial charge in [0.1, 0.15) is 38.7 Å². The molecule has 0 aliphatic carbocycles. The van der Waals surface area contributed by atoms with Crippen LogP contribution < -0.4 is 10.1 Å². The van der Waals surface area contributed by atoms with Gasteiger partial charge in [0.2, 0.25) is 0 Å². The molecular formula is C38H31N7O13S4. The lowest BCUT2D eigenvalue weighted by Crippen LogP contribution is -2.05. The van der Waals surface area contributed by atoms with Crippen molar-refractivity contribution in [3.63, 3.8) is 0 Å². The Morgan fingerprint density at radius 1 is 0.677 bits per heavy atom. The molecule has 0 spiro atoms. The van der Waals surface area contributed by atoms with Gasteiger partial charge in [-0.3, -0.25) is 18.2 Å². The van der Waals surface area contributed by atoms with Crippen LogP contribution in [0.5, 0.6) is 5.75 Å². The normalized spacial score (nSPS) is 12.5. The number of benzene rings is 5. The van der Waals surface area contributed by atoms with Gasteiger partial charge >= 0.3 is 0 Å². The van der Waals surface area contributed by atoms with Gasteiger partial charge in [0.15, 0.2) is 5.82 Å². The van der Waals surface area contributed by atoms with E-state index in [4.69, 9.17) is 4.74 Å².